The van der Waals surface area contributed by atoms with Gasteiger partial charge in [0.15, 0.2) is 0 Å². The zero-order valence-corrected chi connectivity index (χ0v) is 12.0. The highest BCUT2D eigenvalue weighted by Gasteiger charge is 2.19. The molecule has 5 nitrogen and oxygen atoms in total. The second-order valence-electron chi connectivity index (χ2n) is 5.52. The maximum Gasteiger partial charge on any atom is 0.320 e. The minimum absolute atomic E-state index is 0.0175. The second-order valence-corrected chi connectivity index (χ2v) is 5.52. The highest BCUT2D eigenvalue weighted by atomic mass is 16.2. The van der Waals surface area contributed by atoms with Gasteiger partial charge in [0.05, 0.1) is 5.69 Å². The van der Waals surface area contributed by atoms with Crippen LogP contribution in [-0.2, 0) is 12.5 Å². The van der Waals surface area contributed by atoms with Crippen LogP contribution in [0.3, 0.4) is 0 Å². The minimum atomic E-state index is -0.174. The molecule has 0 aliphatic heterocycles. The third kappa shape index (κ3) is 4.05. The molecular weight excluding hydrogens is 228 g/mol. The fourth-order valence-corrected chi connectivity index (χ4v) is 1.49. The topological polar surface area (TPSA) is 59.0 Å². The summed E-state index contributed by atoms with van der Waals surface area (Å²) in [5.41, 5.74) is 0.949. The van der Waals surface area contributed by atoms with Gasteiger partial charge in [-0.2, -0.15) is 5.10 Å². The Balaban J connectivity index is 2.62. The van der Waals surface area contributed by atoms with Crippen molar-refractivity contribution in [3.05, 3.63) is 11.8 Å². The summed E-state index contributed by atoms with van der Waals surface area (Å²) in [6, 6.07) is 1.74. The molecule has 0 aliphatic carbocycles. The number of nitrogens with zero attached hydrogens (tertiary/aromatic N) is 2. The quantitative estimate of drug-likeness (QED) is 0.809. The van der Waals surface area contributed by atoms with Crippen LogP contribution in [0.25, 0.3) is 0 Å². The molecule has 1 heterocycles. The summed E-state index contributed by atoms with van der Waals surface area (Å²) in [7, 11) is 1.83. The fraction of sp³-hybridized carbons (Fsp3) is 0.692. The Morgan fingerprint density at radius 2 is 2.11 bits per heavy atom. The number of unbranched alkanes of at least 4 members (excludes halogenated alkanes) is 1. The van der Waals surface area contributed by atoms with Gasteiger partial charge in [-0.15, -0.1) is 0 Å². The standard InChI is InChI=1S/C13H24N4O/c1-6-7-8-14-12(18)15-11-9-10(13(2,3)4)16-17(11)5/h9H,6-8H2,1-5H3,(H2,14,15,18). The van der Waals surface area contributed by atoms with Crippen LogP contribution in [0.2, 0.25) is 0 Å². The van der Waals surface area contributed by atoms with Crippen LogP contribution in [-0.4, -0.2) is 22.4 Å². The first-order valence-electron chi connectivity index (χ1n) is 6.44. The van der Waals surface area contributed by atoms with E-state index in [2.05, 4.69) is 43.4 Å². The van der Waals surface area contributed by atoms with Gasteiger partial charge in [0.25, 0.3) is 0 Å². The van der Waals surface area contributed by atoms with E-state index in [1.54, 1.807) is 4.68 Å². The summed E-state index contributed by atoms with van der Waals surface area (Å²) in [6.45, 7) is 9.09. The molecule has 0 unspecified atom stereocenters. The molecule has 0 spiro atoms. The van der Waals surface area contributed by atoms with E-state index in [0.29, 0.717) is 12.4 Å². The number of hydrogen-bond acceptors (Lipinski definition) is 2. The van der Waals surface area contributed by atoms with Gasteiger partial charge >= 0.3 is 6.03 Å². The zero-order chi connectivity index (χ0) is 13.8. The lowest BCUT2D eigenvalue weighted by Gasteiger charge is -2.13. The van der Waals surface area contributed by atoms with Crippen molar-refractivity contribution < 1.29 is 4.79 Å². The van der Waals surface area contributed by atoms with E-state index in [1.165, 1.54) is 0 Å². The smallest absolute Gasteiger partial charge is 0.320 e. The highest BCUT2D eigenvalue weighted by molar-refractivity contribution is 5.88. The van der Waals surface area contributed by atoms with Crippen molar-refractivity contribution in [1.29, 1.82) is 0 Å². The first-order valence-corrected chi connectivity index (χ1v) is 6.44. The Bertz CT molecular complexity index is 404. The zero-order valence-electron chi connectivity index (χ0n) is 12.0. The number of amides is 2. The predicted molar refractivity (Wildman–Crippen MR) is 73.8 cm³/mol. The van der Waals surface area contributed by atoms with Crippen molar-refractivity contribution in [3.63, 3.8) is 0 Å². The Labute approximate surface area is 109 Å². The van der Waals surface area contributed by atoms with E-state index in [-0.39, 0.29) is 11.4 Å². The van der Waals surface area contributed by atoms with Gasteiger partial charge in [-0.1, -0.05) is 34.1 Å². The van der Waals surface area contributed by atoms with E-state index in [9.17, 15) is 4.79 Å². The van der Waals surface area contributed by atoms with Crippen LogP contribution < -0.4 is 10.6 Å². The van der Waals surface area contributed by atoms with Crippen molar-refractivity contribution in [1.82, 2.24) is 15.1 Å². The summed E-state index contributed by atoms with van der Waals surface area (Å²) >= 11 is 0. The second kappa shape index (κ2) is 5.89. The number of anilines is 1. The van der Waals surface area contributed by atoms with Gasteiger partial charge in [-0.3, -0.25) is 10.00 Å². The Kier molecular flexibility index (Phi) is 4.76. The molecule has 102 valence electrons. The fourth-order valence-electron chi connectivity index (χ4n) is 1.49. The molecule has 5 heteroatoms. The van der Waals surface area contributed by atoms with E-state index in [1.807, 2.05) is 13.1 Å². The molecule has 0 saturated heterocycles. The average Bonchev–Trinajstić information content (AvgIpc) is 2.60. The molecule has 2 amide bonds. The normalized spacial score (nSPS) is 11.4. The maximum absolute atomic E-state index is 11.6. The summed E-state index contributed by atoms with van der Waals surface area (Å²) < 4.78 is 1.69. The maximum atomic E-state index is 11.6. The van der Waals surface area contributed by atoms with Crippen molar-refractivity contribution in [2.45, 2.75) is 46.0 Å². The van der Waals surface area contributed by atoms with Crippen LogP contribution in [0.1, 0.15) is 46.2 Å². The van der Waals surface area contributed by atoms with Gasteiger partial charge in [0.1, 0.15) is 5.82 Å². The number of nitrogens with one attached hydrogen (secondary N) is 2. The predicted octanol–water partition coefficient (Wildman–Crippen LogP) is 2.64. The van der Waals surface area contributed by atoms with Gasteiger partial charge in [-0.05, 0) is 6.42 Å². The molecular formula is C13H24N4O. The lowest BCUT2D eigenvalue weighted by atomic mass is 9.92. The molecule has 0 fully saturated rings. The molecule has 1 aromatic heterocycles. The largest absolute Gasteiger partial charge is 0.338 e. The Hall–Kier alpha value is -1.52. The average molecular weight is 252 g/mol. The van der Waals surface area contributed by atoms with Crippen LogP contribution in [0.4, 0.5) is 10.6 Å². The summed E-state index contributed by atoms with van der Waals surface area (Å²) in [5.74, 6) is 0.717. The molecule has 0 radical (unpaired) electrons. The van der Waals surface area contributed by atoms with Crippen molar-refractivity contribution in [3.8, 4) is 0 Å². The molecule has 2 N–H and O–H groups in total. The molecule has 0 atom stereocenters. The van der Waals surface area contributed by atoms with E-state index in [4.69, 9.17) is 0 Å². The van der Waals surface area contributed by atoms with E-state index in [0.717, 1.165) is 18.5 Å². The molecule has 0 saturated carbocycles. The van der Waals surface area contributed by atoms with Crippen molar-refractivity contribution >= 4 is 11.8 Å². The van der Waals surface area contributed by atoms with Crippen LogP contribution >= 0.6 is 0 Å². The van der Waals surface area contributed by atoms with E-state index >= 15 is 0 Å². The number of rotatable bonds is 4. The van der Waals surface area contributed by atoms with Gasteiger partial charge in [0.2, 0.25) is 0 Å². The number of carbonyl (C=O) groups is 1. The summed E-state index contributed by atoms with van der Waals surface area (Å²) in [6.07, 6.45) is 2.06. The number of aromatic nitrogens is 2. The van der Waals surface area contributed by atoms with Crippen LogP contribution in [0, 0.1) is 0 Å². The Morgan fingerprint density at radius 3 is 2.61 bits per heavy atom. The van der Waals surface area contributed by atoms with Crippen LogP contribution in [0.15, 0.2) is 6.07 Å². The van der Waals surface area contributed by atoms with Crippen molar-refractivity contribution in [2.24, 2.45) is 7.05 Å². The first-order chi connectivity index (χ1) is 8.34. The van der Waals surface area contributed by atoms with Gasteiger partial charge in [-0.25, -0.2) is 4.79 Å². The van der Waals surface area contributed by atoms with Gasteiger partial charge in [0, 0.05) is 25.1 Å². The molecule has 1 aromatic rings. The number of urea groups is 1. The Morgan fingerprint density at radius 1 is 1.44 bits per heavy atom. The number of aryl methyl sites for hydroxylation is 1. The minimum Gasteiger partial charge on any atom is -0.338 e. The van der Waals surface area contributed by atoms with E-state index < -0.39 is 0 Å². The number of hydrogen-bond donors (Lipinski definition) is 2. The monoisotopic (exact) mass is 252 g/mol. The van der Waals surface area contributed by atoms with Crippen LogP contribution in [0.5, 0.6) is 0 Å². The van der Waals surface area contributed by atoms with Crippen molar-refractivity contribution in [2.75, 3.05) is 11.9 Å². The number of carbonyl (C=O) groups excluding carboxylic acids is 1. The third-order valence-corrected chi connectivity index (χ3v) is 2.71. The molecule has 0 aromatic carbocycles. The highest BCUT2D eigenvalue weighted by Crippen LogP contribution is 2.23. The molecule has 18 heavy (non-hydrogen) atoms. The summed E-state index contributed by atoms with van der Waals surface area (Å²) in [5, 5.41) is 10.0. The molecule has 0 bridgehead atoms. The van der Waals surface area contributed by atoms with Gasteiger partial charge < -0.3 is 5.32 Å². The first kappa shape index (κ1) is 14.5. The molecule has 1 rings (SSSR count). The lowest BCUT2D eigenvalue weighted by Crippen LogP contribution is -2.30. The SMILES string of the molecule is CCCCNC(=O)Nc1cc(C(C)(C)C)nn1C. The summed E-state index contributed by atoms with van der Waals surface area (Å²) in [4.78, 5) is 11.6. The molecule has 0 aliphatic rings. The lowest BCUT2D eigenvalue weighted by molar-refractivity contribution is 0.252. The third-order valence-electron chi connectivity index (χ3n) is 2.71.